The highest BCUT2D eigenvalue weighted by atomic mass is 16.1. The van der Waals surface area contributed by atoms with Crippen molar-refractivity contribution < 1.29 is 0 Å². The van der Waals surface area contributed by atoms with Crippen molar-refractivity contribution in [2.45, 2.75) is 130 Å². The number of rotatable bonds is 20. The fourth-order valence-electron chi connectivity index (χ4n) is 6.61. The monoisotopic (exact) mass is 607 g/mol. The molecular weight excluding hydrogens is 554 g/mol. The van der Waals surface area contributed by atoms with Crippen LogP contribution in [0.1, 0.15) is 117 Å². The summed E-state index contributed by atoms with van der Waals surface area (Å²) in [5, 5.41) is 0. The number of pyridine rings is 1. The summed E-state index contributed by atoms with van der Waals surface area (Å²) >= 11 is 0. The second kappa shape index (κ2) is 17.1. The summed E-state index contributed by atoms with van der Waals surface area (Å²) in [6, 6.07) is 20.0. The van der Waals surface area contributed by atoms with Gasteiger partial charge in [0.15, 0.2) is 17.1 Å². The maximum atomic E-state index is 13.2. The minimum atomic E-state index is -0.0323. The molecule has 3 aromatic heterocycles. The quantitative estimate of drug-likeness (QED) is 0.0895. The maximum absolute atomic E-state index is 13.2. The molecule has 0 radical (unpaired) electrons. The lowest BCUT2D eigenvalue weighted by Crippen LogP contribution is -2.09. The molecule has 0 amide bonds. The molecule has 0 aliphatic carbocycles. The molecule has 0 spiro atoms. The van der Waals surface area contributed by atoms with Gasteiger partial charge in [-0.15, -0.1) is 0 Å². The van der Waals surface area contributed by atoms with E-state index in [4.69, 9.17) is 9.97 Å². The highest BCUT2D eigenvalue weighted by molar-refractivity contribution is 5.82. The second-order valence-corrected chi connectivity index (χ2v) is 12.7. The van der Waals surface area contributed by atoms with Crippen LogP contribution in [0.2, 0.25) is 0 Å². The van der Waals surface area contributed by atoms with E-state index in [-0.39, 0.29) is 5.43 Å². The molecule has 0 aliphatic rings. The van der Waals surface area contributed by atoms with Gasteiger partial charge < -0.3 is 14.1 Å². The van der Waals surface area contributed by atoms with Gasteiger partial charge in [-0.25, -0.2) is 9.97 Å². The fourth-order valence-corrected chi connectivity index (χ4v) is 6.61. The van der Waals surface area contributed by atoms with Gasteiger partial charge in [0.05, 0.1) is 33.5 Å². The first-order chi connectivity index (χ1) is 22.2. The third kappa shape index (κ3) is 8.74. The molecule has 240 valence electrons. The van der Waals surface area contributed by atoms with Gasteiger partial charge in [0, 0.05) is 25.2 Å². The van der Waals surface area contributed by atoms with Gasteiger partial charge in [0.25, 0.3) is 0 Å². The van der Waals surface area contributed by atoms with E-state index in [9.17, 15) is 4.79 Å². The summed E-state index contributed by atoms with van der Waals surface area (Å²) < 4.78 is 4.59. The molecular formula is C39H53N5O. The lowest BCUT2D eigenvalue weighted by Gasteiger charge is -2.12. The molecule has 0 unspecified atom stereocenters. The number of aromatic nitrogens is 5. The van der Waals surface area contributed by atoms with Crippen LogP contribution >= 0.6 is 0 Å². The predicted molar refractivity (Wildman–Crippen MR) is 190 cm³/mol. The van der Waals surface area contributed by atoms with E-state index in [1.54, 1.807) is 12.1 Å². The summed E-state index contributed by atoms with van der Waals surface area (Å²) in [6.07, 6.45) is 20.4. The van der Waals surface area contributed by atoms with Crippen LogP contribution in [0.5, 0.6) is 0 Å². The fraction of sp³-hybridized carbons (Fsp3) is 0.513. The number of imidazole rings is 2. The standard InChI is InChI=1S/C39H53N5O/c1-3-5-7-9-11-13-15-21-27-43-36-25-19-17-23-32(36)41-38(43)34-29-31(45)30-35(40-34)39-42-33-24-18-20-26-37(33)44(39)28-22-16-14-12-10-8-6-4-2/h17-20,23-26,29-30H,3-16,21-22,27-28H2,1-2H3,(H,40,45). The smallest absolute Gasteiger partial charge is 0.183 e. The van der Waals surface area contributed by atoms with Crippen molar-refractivity contribution in [3.63, 3.8) is 0 Å². The van der Waals surface area contributed by atoms with Crippen LogP contribution in [0, 0.1) is 0 Å². The van der Waals surface area contributed by atoms with Crippen LogP contribution in [-0.2, 0) is 13.1 Å². The van der Waals surface area contributed by atoms with Crippen LogP contribution < -0.4 is 5.43 Å². The largest absolute Gasteiger partial charge is 0.349 e. The van der Waals surface area contributed by atoms with Crippen LogP contribution in [0.25, 0.3) is 45.1 Å². The Morgan fingerprint density at radius 2 is 0.911 bits per heavy atom. The summed E-state index contributed by atoms with van der Waals surface area (Å²) in [5.41, 5.74) is 5.61. The van der Waals surface area contributed by atoms with E-state index in [0.29, 0.717) is 0 Å². The Balaban J connectivity index is 1.37. The number of fused-ring (bicyclic) bond motifs is 2. The van der Waals surface area contributed by atoms with Crippen LogP contribution in [0.15, 0.2) is 65.5 Å². The number of benzene rings is 2. The van der Waals surface area contributed by atoms with Gasteiger partial charge in [0.2, 0.25) is 0 Å². The molecule has 5 aromatic rings. The van der Waals surface area contributed by atoms with Gasteiger partial charge in [-0.2, -0.15) is 0 Å². The zero-order chi connectivity index (χ0) is 31.3. The number of hydrogen-bond acceptors (Lipinski definition) is 3. The Labute approximate surface area is 269 Å². The van der Waals surface area contributed by atoms with E-state index in [1.165, 1.54) is 89.9 Å². The number of hydrogen-bond donors (Lipinski definition) is 1. The first-order valence-corrected chi connectivity index (χ1v) is 17.8. The first kappa shape index (κ1) is 32.7. The van der Waals surface area contributed by atoms with E-state index in [1.807, 2.05) is 12.1 Å². The Morgan fingerprint density at radius 1 is 0.533 bits per heavy atom. The van der Waals surface area contributed by atoms with Crippen molar-refractivity contribution in [2.75, 3.05) is 0 Å². The normalized spacial score (nSPS) is 11.7. The van der Waals surface area contributed by atoms with Crippen molar-refractivity contribution in [3.8, 4) is 23.0 Å². The van der Waals surface area contributed by atoms with E-state index in [2.05, 4.69) is 64.4 Å². The van der Waals surface area contributed by atoms with E-state index < -0.39 is 0 Å². The second-order valence-electron chi connectivity index (χ2n) is 12.7. The third-order valence-electron chi connectivity index (χ3n) is 9.10. The number of H-pyrrole nitrogens is 1. The lowest BCUT2D eigenvalue weighted by molar-refractivity contribution is 0.549. The number of nitrogens with one attached hydrogen (secondary N) is 1. The van der Waals surface area contributed by atoms with Crippen molar-refractivity contribution in [1.29, 1.82) is 0 Å². The van der Waals surface area contributed by atoms with Crippen LogP contribution in [0.3, 0.4) is 0 Å². The van der Waals surface area contributed by atoms with Crippen molar-refractivity contribution in [1.82, 2.24) is 24.1 Å². The van der Waals surface area contributed by atoms with Gasteiger partial charge in [-0.3, -0.25) is 4.79 Å². The van der Waals surface area contributed by atoms with Gasteiger partial charge in [-0.05, 0) is 37.1 Å². The Bertz CT molecular complexity index is 1560. The predicted octanol–water partition coefficient (Wildman–Crippen LogP) is 10.7. The van der Waals surface area contributed by atoms with Crippen molar-refractivity contribution >= 4 is 22.1 Å². The summed E-state index contributed by atoms with van der Waals surface area (Å²) in [7, 11) is 0. The highest BCUT2D eigenvalue weighted by Gasteiger charge is 2.18. The van der Waals surface area contributed by atoms with Crippen molar-refractivity contribution in [2.24, 2.45) is 0 Å². The molecule has 0 saturated carbocycles. The molecule has 0 aliphatic heterocycles. The molecule has 0 fully saturated rings. The SMILES string of the molecule is CCCCCCCCCCn1c(-c2cc(=O)cc(-c3nc4ccccc4n3CCCCCCCCCC)[nH]2)nc2ccccc21. The number of unbranched alkanes of at least 4 members (excludes halogenated alkanes) is 14. The maximum Gasteiger partial charge on any atom is 0.183 e. The lowest BCUT2D eigenvalue weighted by atomic mass is 10.1. The van der Waals surface area contributed by atoms with Crippen LogP contribution in [-0.4, -0.2) is 24.1 Å². The Kier molecular flexibility index (Phi) is 12.5. The Hall–Kier alpha value is -3.67. The summed E-state index contributed by atoms with van der Waals surface area (Å²) in [4.78, 5) is 26.9. The van der Waals surface area contributed by atoms with Gasteiger partial charge in [0.1, 0.15) is 0 Å². The van der Waals surface area contributed by atoms with Crippen LogP contribution in [0.4, 0.5) is 0 Å². The molecule has 5 rings (SSSR count). The Morgan fingerprint density at radius 3 is 1.33 bits per heavy atom. The molecule has 0 saturated heterocycles. The molecule has 6 nitrogen and oxygen atoms in total. The van der Waals surface area contributed by atoms with E-state index >= 15 is 0 Å². The summed E-state index contributed by atoms with van der Waals surface area (Å²) in [6.45, 7) is 6.30. The third-order valence-corrected chi connectivity index (χ3v) is 9.10. The minimum absolute atomic E-state index is 0.0323. The average Bonchev–Trinajstić information content (AvgIpc) is 3.62. The molecule has 45 heavy (non-hydrogen) atoms. The van der Waals surface area contributed by atoms with Crippen molar-refractivity contribution in [3.05, 3.63) is 70.9 Å². The topological polar surface area (TPSA) is 68.5 Å². The zero-order valence-electron chi connectivity index (χ0n) is 27.7. The molecule has 1 N–H and O–H groups in total. The minimum Gasteiger partial charge on any atom is -0.349 e. The number of nitrogens with zero attached hydrogens (tertiary/aromatic N) is 4. The first-order valence-electron chi connectivity index (χ1n) is 17.8. The van der Waals surface area contributed by atoms with E-state index in [0.717, 1.165) is 71.0 Å². The number of para-hydroxylation sites is 4. The van der Waals surface area contributed by atoms with Gasteiger partial charge >= 0.3 is 0 Å². The molecule has 0 atom stereocenters. The molecule has 6 heteroatoms. The molecule has 2 aromatic carbocycles. The zero-order valence-corrected chi connectivity index (χ0v) is 27.7. The number of aromatic amines is 1. The number of aryl methyl sites for hydroxylation is 2. The molecule has 0 bridgehead atoms. The van der Waals surface area contributed by atoms with Gasteiger partial charge in [-0.1, -0.05) is 128 Å². The average molecular weight is 608 g/mol. The molecule has 3 heterocycles. The summed E-state index contributed by atoms with van der Waals surface area (Å²) in [5.74, 6) is 1.65. The highest BCUT2D eigenvalue weighted by Crippen LogP contribution is 2.28.